The number of carbonyl (C=O) groups is 2. The number of imide groups is 1. The number of nitrogens with one attached hydrogen (secondary N) is 1. The summed E-state index contributed by atoms with van der Waals surface area (Å²) in [6, 6.07) is 20.3. The van der Waals surface area contributed by atoms with Crippen LogP contribution >= 0.6 is 11.6 Å². The molecule has 0 saturated heterocycles. The maximum Gasteiger partial charge on any atom is 0.282 e. The van der Waals surface area contributed by atoms with Gasteiger partial charge in [-0.15, -0.1) is 0 Å². The van der Waals surface area contributed by atoms with Gasteiger partial charge in [0.1, 0.15) is 5.70 Å². The lowest BCUT2D eigenvalue weighted by atomic mass is 10.0. The van der Waals surface area contributed by atoms with E-state index in [1.165, 1.54) is 4.90 Å². The van der Waals surface area contributed by atoms with Crippen molar-refractivity contribution in [2.24, 2.45) is 0 Å². The summed E-state index contributed by atoms with van der Waals surface area (Å²) in [7, 11) is 0. The summed E-state index contributed by atoms with van der Waals surface area (Å²) >= 11 is 6.11. The van der Waals surface area contributed by atoms with Crippen LogP contribution in [0.1, 0.15) is 22.3 Å². The first kappa shape index (κ1) is 19.9. The largest absolute Gasteiger partial charge is 0.350 e. The quantitative estimate of drug-likeness (QED) is 0.558. The third-order valence-corrected chi connectivity index (χ3v) is 5.22. The summed E-state index contributed by atoms with van der Waals surface area (Å²) < 4.78 is 0. The van der Waals surface area contributed by atoms with Gasteiger partial charge in [0.15, 0.2) is 0 Å². The van der Waals surface area contributed by atoms with Crippen LogP contribution in [0.25, 0.3) is 5.57 Å². The van der Waals surface area contributed by atoms with Crippen LogP contribution in [0.4, 0.5) is 11.4 Å². The lowest BCUT2D eigenvalue weighted by molar-refractivity contribution is -0.120. The molecule has 3 aromatic rings. The highest BCUT2D eigenvalue weighted by atomic mass is 35.5. The van der Waals surface area contributed by atoms with E-state index in [0.29, 0.717) is 21.8 Å². The van der Waals surface area contributed by atoms with E-state index in [2.05, 4.69) is 11.4 Å². The van der Waals surface area contributed by atoms with Gasteiger partial charge in [-0.3, -0.25) is 9.59 Å². The van der Waals surface area contributed by atoms with Crippen LogP contribution in [-0.2, 0) is 9.59 Å². The van der Waals surface area contributed by atoms with Crippen LogP contribution in [0.2, 0.25) is 5.02 Å². The first-order valence-electron chi connectivity index (χ1n) is 9.64. The highest BCUT2D eigenvalue weighted by Gasteiger charge is 2.40. The molecular weight excluding hydrogens is 396 g/mol. The Kier molecular flexibility index (Phi) is 5.18. The standard InChI is InChI=1S/C25H21ClN2O2/c1-15-7-9-18(10-8-15)22-23(27-20-12-16(2)11-17(3)13-20)25(30)28(24(22)29)21-6-4-5-19(26)14-21/h4-14,27H,1-3H3. The molecule has 0 unspecified atom stereocenters. The van der Waals surface area contributed by atoms with Gasteiger partial charge in [0.25, 0.3) is 11.8 Å². The lowest BCUT2D eigenvalue weighted by Gasteiger charge is -2.16. The van der Waals surface area contributed by atoms with Crippen LogP contribution in [0.15, 0.2) is 72.4 Å². The highest BCUT2D eigenvalue weighted by Crippen LogP contribution is 2.34. The predicted molar refractivity (Wildman–Crippen MR) is 122 cm³/mol. The Labute approximate surface area is 180 Å². The molecule has 150 valence electrons. The van der Waals surface area contributed by atoms with Gasteiger partial charge in [0, 0.05) is 10.7 Å². The number of benzene rings is 3. The Morgan fingerprint density at radius 2 is 1.43 bits per heavy atom. The summed E-state index contributed by atoms with van der Waals surface area (Å²) in [6.07, 6.45) is 0. The molecule has 1 heterocycles. The zero-order valence-corrected chi connectivity index (χ0v) is 17.7. The van der Waals surface area contributed by atoms with Gasteiger partial charge >= 0.3 is 0 Å². The van der Waals surface area contributed by atoms with Gasteiger partial charge < -0.3 is 5.32 Å². The number of hydrogen-bond donors (Lipinski definition) is 1. The Bertz CT molecular complexity index is 1180. The number of amides is 2. The lowest BCUT2D eigenvalue weighted by Crippen LogP contribution is -2.32. The third-order valence-electron chi connectivity index (χ3n) is 4.98. The normalized spacial score (nSPS) is 13.9. The van der Waals surface area contributed by atoms with E-state index in [0.717, 1.165) is 22.4 Å². The van der Waals surface area contributed by atoms with Crippen LogP contribution in [-0.4, -0.2) is 11.8 Å². The zero-order chi connectivity index (χ0) is 21.4. The molecule has 1 aliphatic heterocycles. The van der Waals surface area contributed by atoms with Crippen molar-refractivity contribution < 1.29 is 9.59 Å². The summed E-state index contributed by atoms with van der Waals surface area (Å²) in [6.45, 7) is 5.97. The minimum absolute atomic E-state index is 0.258. The van der Waals surface area contributed by atoms with E-state index >= 15 is 0 Å². The fourth-order valence-corrected chi connectivity index (χ4v) is 3.86. The number of halogens is 1. The van der Waals surface area contributed by atoms with Gasteiger partial charge in [0.2, 0.25) is 0 Å². The second-order valence-corrected chi connectivity index (χ2v) is 7.98. The van der Waals surface area contributed by atoms with E-state index in [1.54, 1.807) is 24.3 Å². The molecule has 4 rings (SSSR count). The fourth-order valence-electron chi connectivity index (χ4n) is 3.67. The van der Waals surface area contributed by atoms with Crippen LogP contribution in [0, 0.1) is 20.8 Å². The molecule has 0 fully saturated rings. The molecule has 4 nitrogen and oxygen atoms in total. The first-order chi connectivity index (χ1) is 14.3. The average Bonchev–Trinajstić information content (AvgIpc) is 2.92. The molecule has 5 heteroatoms. The minimum atomic E-state index is -0.406. The number of aryl methyl sites for hydroxylation is 3. The number of rotatable bonds is 4. The minimum Gasteiger partial charge on any atom is -0.350 e. The van der Waals surface area contributed by atoms with Crippen molar-refractivity contribution in [1.82, 2.24) is 0 Å². The number of carbonyl (C=O) groups excluding carboxylic acids is 2. The Morgan fingerprint density at radius 3 is 2.07 bits per heavy atom. The summed E-state index contributed by atoms with van der Waals surface area (Å²) in [5.74, 6) is -0.782. The second kappa shape index (κ2) is 7.81. The van der Waals surface area contributed by atoms with Crippen molar-refractivity contribution in [1.29, 1.82) is 0 Å². The zero-order valence-electron chi connectivity index (χ0n) is 17.0. The highest BCUT2D eigenvalue weighted by molar-refractivity contribution is 6.46. The summed E-state index contributed by atoms with van der Waals surface area (Å²) in [5, 5.41) is 3.67. The Hall–Kier alpha value is -3.37. The molecule has 0 aromatic heterocycles. The molecule has 0 atom stereocenters. The molecule has 30 heavy (non-hydrogen) atoms. The molecule has 3 aromatic carbocycles. The van der Waals surface area contributed by atoms with E-state index < -0.39 is 5.91 Å². The maximum atomic E-state index is 13.4. The Balaban J connectivity index is 1.84. The molecule has 1 aliphatic rings. The van der Waals surface area contributed by atoms with E-state index in [4.69, 9.17) is 11.6 Å². The van der Waals surface area contributed by atoms with Gasteiger partial charge in [0.05, 0.1) is 11.3 Å². The van der Waals surface area contributed by atoms with Crippen LogP contribution < -0.4 is 10.2 Å². The molecule has 0 aliphatic carbocycles. The topological polar surface area (TPSA) is 49.4 Å². The predicted octanol–water partition coefficient (Wildman–Crippen LogP) is 5.66. The molecule has 0 bridgehead atoms. The van der Waals surface area contributed by atoms with Crippen LogP contribution in [0.3, 0.4) is 0 Å². The van der Waals surface area contributed by atoms with E-state index in [-0.39, 0.29) is 11.6 Å². The van der Waals surface area contributed by atoms with Gasteiger partial charge in [-0.25, -0.2) is 4.90 Å². The fraction of sp³-hybridized carbons (Fsp3) is 0.120. The number of nitrogens with zero attached hydrogens (tertiary/aromatic N) is 1. The molecule has 0 radical (unpaired) electrons. The van der Waals surface area contributed by atoms with E-state index in [9.17, 15) is 9.59 Å². The van der Waals surface area contributed by atoms with Crippen LogP contribution in [0.5, 0.6) is 0 Å². The van der Waals surface area contributed by atoms with Gasteiger partial charge in [-0.1, -0.05) is 53.6 Å². The van der Waals surface area contributed by atoms with Crippen molar-refractivity contribution in [3.8, 4) is 0 Å². The molecule has 0 spiro atoms. The maximum absolute atomic E-state index is 13.4. The SMILES string of the molecule is Cc1ccc(C2=C(Nc3cc(C)cc(C)c3)C(=O)N(c3cccc(Cl)c3)C2=O)cc1. The van der Waals surface area contributed by atoms with Gasteiger partial charge in [-0.2, -0.15) is 0 Å². The van der Waals surface area contributed by atoms with Crippen molar-refractivity contribution in [2.75, 3.05) is 10.2 Å². The molecule has 2 amide bonds. The number of anilines is 2. The summed E-state index contributed by atoms with van der Waals surface area (Å²) in [5.41, 5.74) is 5.72. The summed E-state index contributed by atoms with van der Waals surface area (Å²) in [4.78, 5) is 28.0. The molecule has 0 saturated carbocycles. The van der Waals surface area contributed by atoms with Crippen molar-refractivity contribution in [3.63, 3.8) is 0 Å². The Morgan fingerprint density at radius 1 is 0.767 bits per heavy atom. The average molecular weight is 417 g/mol. The molecule has 1 N–H and O–H groups in total. The monoisotopic (exact) mass is 416 g/mol. The second-order valence-electron chi connectivity index (χ2n) is 7.54. The van der Waals surface area contributed by atoms with Crippen molar-refractivity contribution >= 4 is 40.4 Å². The number of hydrogen-bond acceptors (Lipinski definition) is 3. The van der Waals surface area contributed by atoms with E-state index in [1.807, 2.05) is 57.2 Å². The first-order valence-corrected chi connectivity index (χ1v) is 10.0. The third kappa shape index (κ3) is 3.74. The van der Waals surface area contributed by atoms with Crippen molar-refractivity contribution in [3.05, 3.63) is 99.7 Å². The smallest absolute Gasteiger partial charge is 0.282 e. The van der Waals surface area contributed by atoms with Gasteiger partial charge in [-0.05, 0) is 67.8 Å². The van der Waals surface area contributed by atoms with Crippen molar-refractivity contribution in [2.45, 2.75) is 20.8 Å². The molecular formula is C25H21ClN2O2.